The summed E-state index contributed by atoms with van der Waals surface area (Å²) in [5.41, 5.74) is 0.793. The molecule has 0 aromatic carbocycles. The van der Waals surface area contributed by atoms with Gasteiger partial charge in [-0.05, 0) is 18.2 Å². The first kappa shape index (κ1) is 12.4. The predicted octanol–water partition coefficient (Wildman–Crippen LogP) is 1.99. The van der Waals surface area contributed by atoms with Crippen LogP contribution in [0.5, 0.6) is 0 Å². The fourth-order valence-electron chi connectivity index (χ4n) is 1.64. The second kappa shape index (κ2) is 6.07. The highest BCUT2D eigenvalue weighted by molar-refractivity contribution is 5.87. The number of carbonyl (C=O) groups excluding carboxylic acids is 1. The van der Waals surface area contributed by atoms with E-state index in [1.165, 1.54) is 13.4 Å². The standard InChI is InChI=1S/C13H15NO4/c1-16-13(15)12-10(5-8-18-12)9-14-6-4-11-3-2-7-17-11/h2-3,5,7-8,14H,4,6,9H2,1H3. The minimum atomic E-state index is -0.456. The van der Waals surface area contributed by atoms with Crippen LogP contribution < -0.4 is 5.32 Å². The number of rotatable bonds is 6. The average Bonchev–Trinajstić information content (AvgIpc) is 3.04. The molecule has 2 aromatic heterocycles. The summed E-state index contributed by atoms with van der Waals surface area (Å²) in [5, 5.41) is 3.22. The first-order valence-electron chi connectivity index (χ1n) is 5.69. The third-order valence-electron chi connectivity index (χ3n) is 2.56. The molecular formula is C13H15NO4. The van der Waals surface area contributed by atoms with Crippen LogP contribution in [0.3, 0.4) is 0 Å². The number of nitrogens with one attached hydrogen (secondary N) is 1. The van der Waals surface area contributed by atoms with Crippen molar-refractivity contribution < 1.29 is 18.4 Å². The molecule has 0 atom stereocenters. The van der Waals surface area contributed by atoms with Gasteiger partial charge in [0.1, 0.15) is 5.76 Å². The van der Waals surface area contributed by atoms with Crippen molar-refractivity contribution in [2.24, 2.45) is 0 Å². The van der Waals surface area contributed by atoms with Crippen LogP contribution in [0.25, 0.3) is 0 Å². The Balaban J connectivity index is 1.80. The van der Waals surface area contributed by atoms with Crippen LogP contribution in [0, 0.1) is 0 Å². The molecule has 2 rings (SSSR count). The topological polar surface area (TPSA) is 64.6 Å². The normalized spacial score (nSPS) is 10.5. The van der Waals surface area contributed by atoms with Crippen molar-refractivity contribution in [3.8, 4) is 0 Å². The highest BCUT2D eigenvalue weighted by Crippen LogP contribution is 2.11. The molecule has 0 radical (unpaired) electrons. The van der Waals surface area contributed by atoms with Gasteiger partial charge < -0.3 is 18.9 Å². The second-order valence-electron chi connectivity index (χ2n) is 3.77. The van der Waals surface area contributed by atoms with Crippen molar-refractivity contribution in [1.29, 1.82) is 0 Å². The van der Waals surface area contributed by atoms with Gasteiger partial charge in [0.25, 0.3) is 0 Å². The van der Waals surface area contributed by atoms with Crippen LogP contribution in [-0.2, 0) is 17.7 Å². The van der Waals surface area contributed by atoms with E-state index in [2.05, 4.69) is 10.1 Å². The largest absolute Gasteiger partial charge is 0.469 e. The van der Waals surface area contributed by atoms with Gasteiger partial charge in [-0.25, -0.2) is 4.79 Å². The fourth-order valence-corrected chi connectivity index (χ4v) is 1.64. The number of esters is 1. The molecule has 0 aliphatic heterocycles. The minimum Gasteiger partial charge on any atom is -0.469 e. The molecule has 2 heterocycles. The van der Waals surface area contributed by atoms with Crippen molar-refractivity contribution in [2.75, 3.05) is 13.7 Å². The molecule has 0 bridgehead atoms. The molecule has 0 saturated heterocycles. The van der Waals surface area contributed by atoms with Gasteiger partial charge >= 0.3 is 5.97 Å². The molecule has 1 N–H and O–H groups in total. The maximum atomic E-state index is 11.4. The molecule has 0 unspecified atom stereocenters. The zero-order valence-corrected chi connectivity index (χ0v) is 10.1. The summed E-state index contributed by atoms with van der Waals surface area (Å²) in [4.78, 5) is 11.4. The van der Waals surface area contributed by atoms with Crippen molar-refractivity contribution in [3.05, 3.63) is 47.8 Å². The lowest BCUT2D eigenvalue weighted by Crippen LogP contribution is -2.17. The first-order chi connectivity index (χ1) is 8.81. The Labute approximate surface area is 105 Å². The molecule has 18 heavy (non-hydrogen) atoms. The van der Waals surface area contributed by atoms with E-state index in [0.29, 0.717) is 6.54 Å². The van der Waals surface area contributed by atoms with Gasteiger partial charge in [-0.2, -0.15) is 0 Å². The van der Waals surface area contributed by atoms with Gasteiger partial charge in [0, 0.05) is 25.1 Å². The van der Waals surface area contributed by atoms with Crippen LogP contribution in [0.2, 0.25) is 0 Å². The zero-order chi connectivity index (χ0) is 12.8. The molecule has 5 heteroatoms. The van der Waals surface area contributed by atoms with Crippen molar-refractivity contribution in [1.82, 2.24) is 5.32 Å². The smallest absolute Gasteiger partial charge is 0.374 e. The number of ether oxygens (including phenoxy) is 1. The van der Waals surface area contributed by atoms with E-state index in [1.54, 1.807) is 12.3 Å². The van der Waals surface area contributed by atoms with Crippen LogP contribution in [0.4, 0.5) is 0 Å². The van der Waals surface area contributed by atoms with E-state index >= 15 is 0 Å². The number of hydrogen-bond donors (Lipinski definition) is 1. The highest BCUT2D eigenvalue weighted by Gasteiger charge is 2.14. The van der Waals surface area contributed by atoms with Crippen molar-refractivity contribution in [3.63, 3.8) is 0 Å². The third kappa shape index (κ3) is 3.01. The maximum Gasteiger partial charge on any atom is 0.374 e. The molecule has 0 aliphatic carbocycles. The van der Waals surface area contributed by atoms with Crippen molar-refractivity contribution in [2.45, 2.75) is 13.0 Å². The minimum absolute atomic E-state index is 0.253. The monoisotopic (exact) mass is 249 g/mol. The van der Waals surface area contributed by atoms with Gasteiger partial charge in [0.2, 0.25) is 5.76 Å². The third-order valence-corrected chi connectivity index (χ3v) is 2.56. The Kier molecular flexibility index (Phi) is 4.20. The highest BCUT2D eigenvalue weighted by atomic mass is 16.5. The quantitative estimate of drug-likeness (QED) is 0.626. The number of furan rings is 2. The van der Waals surface area contributed by atoms with E-state index in [4.69, 9.17) is 8.83 Å². The number of methoxy groups -OCH3 is 1. The second-order valence-corrected chi connectivity index (χ2v) is 3.77. The Morgan fingerprint density at radius 3 is 2.94 bits per heavy atom. The van der Waals surface area contributed by atoms with Crippen LogP contribution in [0.15, 0.2) is 39.6 Å². The molecular weight excluding hydrogens is 234 g/mol. The maximum absolute atomic E-state index is 11.4. The predicted molar refractivity (Wildman–Crippen MR) is 64.2 cm³/mol. The van der Waals surface area contributed by atoms with Gasteiger partial charge in [-0.1, -0.05) is 0 Å². The average molecular weight is 249 g/mol. The van der Waals surface area contributed by atoms with Gasteiger partial charge in [-0.3, -0.25) is 0 Å². The number of carbonyl (C=O) groups is 1. The van der Waals surface area contributed by atoms with Gasteiger partial charge in [0.15, 0.2) is 0 Å². The molecule has 0 spiro atoms. The van der Waals surface area contributed by atoms with Crippen LogP contribution in [0.1, 0.15) is 21.9 Å². The first-order valence-corrected chi connectivity index (χ1v) is 5.69. The van der Waals surface area contributed by atoms with Gasteiger partial charge in [-0.15, -0.1) is 0 Å². The summed E-state index contributed by atoms with van der Waals surface area (Å²) in [5.74, 6) is 0.730. The van der Waals surface area contributed by atoms with E-state index in [0.717, 1.165) is 24.3 Å². The van der Waals surface area contributed by atoms with Crippen molar-refractivity contribution >= 4 is 5.97 Å². The number of hydrogen-bond acceptors (Lipinski definition) is 5. The lowest BCUT2D eigenvalue weighted by Gasteiger charge is -2.03. The molecule has 5 nitrogen and oxygen atoms in total. The Hall–Kier alpha value is -2.01. The molecule has 0 saturated carbocycles. The molecule has 0 amide bonds. The van der Waals surface area contributed by atoms with E-state index in [9.17, 15) is 4.79 Å². The van der Waals surface area contributed by atoms with E-state index in [-0.39, 0.29) is 5.76 Å². The van der Waals surface area contributed by atoms with Gasteiger partial charge in [0.05, 0.1) is 19.6 Å². The lowest BCUT2D eigenvalue weighted by molar-refractivity contribution is 0.0563. The summed E-state index contributed by atoms with van der Waals surface area (Å²) in [7, 11) is 1.33. The van der Waals surface area contributed by atoms with E-state index < -0.39 is 5.97 Å². The lowest BCUT2D eigenvalue weighted by atomic mass is 10.2. The molecule has 96 valence electrons. The summed E-state index contributed by atoms with van der Waals surface area (Å²) < 4.78 is 14.9. The molecule has 2 aromatic rings. The molecule has 0 aliphatic rings. The summed E-state index contributed by atoms with van der Waals surface area (Å²) in [6.07, 6.45) is 3.94. The molecule has 0 fully saturated rings. The zero-order valence-electron chi connectivity index (χ0n) is 10.1. The fraction of sp³-hybridized carbons (Fsp3) is 0.308. The summed E-state index contributed by atoms with van der Waals surface area (Å²) in [6, 6.07) is 5.55. The SMILES string of the molecule is COC(=O)c1occc1CNCCc1ccco1. The Bertz CT molecular complexity index is 487. The van der Waals surface area contributed by atoms with Crippen LogP contribution in [-0.4, -0.2) is 19.6 Å². The summed E-state index contributed by atoms with van der Waals surface area (Å²) in [6.45, 7) is 1.32. The Morgan fingerprint density at radius 1 is 1.33 bits per heavy atom. The van der Waals surface area contributed by atoms with E-state index in [1.807, 2.05) is 12.1 Å². The van der Waals surface area contributed by atoms with Crippen LogP contribution >= 0.6 is 0 Å². The summed E-state index contributed by atoms with van der Waals surface area (Å²) >= 11 is 0. The Morgan fingerprint density at radius 2 is 2.22 bits per heavy atom.